The maximum absolute atomic E-state index is 6.05. The van der Waals surface area contributed by atoms with Gasteiger partial charge < -0.3 is 10.1 Å². The van der Waals surface area contributed by atoms with Crippen molar-refractivity contribution in [3.8, 4) is 5.75 Å². The molecule has 1 aromatic rings. The topological polar surface area (TPSA) is 24.5 Å². The van der Waals surface area contributed by atoms with Crippen LogP contribution >= 0.6 is 24.0 Å². The molecule has 1 aromatic carbocycles. The highest BCUT2D eigenvalue weighted by atomic mass is 35.5. The first-order valence-electron chi connectivity index (χ1n) is 7.04. The Balaban J connectivity index is 0.00000200. The number of rotatable bonds is 6. The molecule has 0 aromatic heterocycles. The Labute approximate surface area is 133 Å². The van der Waals surface area contributed by atoms with Crippen molar-refractivity contribution in [1.82, 2.24) is 10.2 Å². The van der Waals surface area contributed by atoms with Crippen molar-refractivity contribution in [2.75, 3.05) is 39.8 Å². The number of halogens is 2. The van der Waals surface area contributed by atoms with Crippen molar-refractivity contribution in [2.45, 2.75) is 12.8 Å². The first-order chi connectivity index (χ1) is 9.29. The van der Waals surface area contributed by atoms with E-state index in [1.165, 1.54) is 25.9 Å². The third-order valence-electron chi connectivity index (χ3n) is 3.70. The average molecular weight is 319 g/mol. The average Bonchev–Trinajstić information content (AvgIpc) is 2.43. The fraction of sp³-hybridized carbons (Fsp3) is 0.600. The molecule has 0 amide bonds. The molecule has 3 nitrogen and oxygen atoms in total. The van der Waals surface area contributed by atoms with Crippen LogP contribution in [0.3, 0.4) is 0 Å². The van der Waals surface area contributed by atoms with Gasteiger partial charge in [0, 0.05) is 6.54 Å². The molecule has 0 bridgehead atoms. The molecule has 0 aliphatic carbocycles. The van der Waals surface area contributed by atoms with Crippen LogP contribution in [0.15, 0.2) is 24.3 Å². The second-order valence-electron chi connectivity index (χ2n) is 5.12. The summed E-state index contributed by atoms with van der Waals surface area (Å²) in [6, 6.07) is 7.65. The fourth-order valence-electron chi connectivity index (χ4n) is 2.55. The van der Waals surface area contributed by atoms with Gasteiger partial charge in [0.15, 0.2) is 0 Å². The van der Waals surface area contributed by atoms with Crippen LogP contribution in [-0.2, 0) is 0 Å². The molecule has 1 aliphatic rings. The van der Waals surface area contributed by atoms with Gasteiger partial charge >= 0.3 is 0 Å². The monoisotopic (exact) mass is 318 g/mol. The minimum atomic E-state index is 0. The summed E-state index contributed by atoms with van der Waals surface area (Å²) in [6.45, 7) is 5.19. The summed E-state index contributed by atoms with van der Waals surface area (Å²) in [7, 11) is 2.03. The van der Waals surface area contributed by atoms with Crippen molar-refractivity contribution in [3.63, 3.8) is 0 Å². The van der Waals surface area contributed by atoms with E-state index in [0.29, 0.717) is 11.6 Å². The molecule has 1 heterocycles. The summed E-state index contributed by atoms with van der Waals surface area (Å²) >= 11 is 6.05. The van der Waals surface area contributed by atoms with Gasteiger partial charge in [-0.15, -0.1) is 12.4 Å². The van der Waals surface area contributed by atoms with Crippen molar-refractivity contribution in [3.05, 3.63) is 29.3 Å². The standard InChI is InChI=1S/C15H23ClN2O.ClH/c1-17-12-13-6-8-18(9-7-13)10-11-19-15-5-3-2-4-14(15)16;/h2-5,13,17H,6-12H2,1H3;1H. The number of nitrogens with one attached hydrogen (secondary N) is 1. The van der Waals surface area contributed by atoms with Gasteiger partial charge in [-0.25, -0.2) is 0 Å². The Morgan fingerprint density at radius 2 is 2.00 bits per heavy atom. The van der Waals surface area contributed by atoms with Gasteiger partial charge in [-0.1, -0.05) is 23.7 Å². The summed E-state index contributed by atoms with van der Waals surface area (Å²) in [5, 5.41) is 3.96. The quantitative estimate of drug-likeness (QED) is 0.872. The van der Waals surface area contributed by atoms with E-state index < -0.39 is 0 Å². The van der Waals surface area contributed by atoms with Gasteiger partial charge in [-0.3, -0.25) is 4.90 Å². The van der Waals surface area contributed by atoms with Gasteiger partial charge in [0.1, 0.15) is 12.4 Å². The zero-order valence-electron chi connectivity index (χ0n) is 12.0. The third-order valence-corrected chi connectivity index (χ3v) is 4.01. The van der Waals surface area contributed by atoms with Gasteiger partial charge in [-0.05, 0) is 57.6 Å². The fourth-order valence-corrected chi connectivity index (χ4v) is 2.74. The summed E-state index contributed by atoms with van der Waals surface area (Å²) in [5.41, 5.74) is 0. The molecule has 20 heavy (non-hydrogen) atoms. The second-order valence-corrected chi connectivity index (χ2v) is 5.53. The number of piperidine rings is 1. The van der Waals surface area contributed by atoms with Crippen molar-refractivity contribution < 1.29 is 4.74 Å². The van der Waals surface area contributed by atoms with E-state index >= 15 is 0 Å². The SMILES string of the molecule is CNCC1CCN(CCOc2ccccc2Cl)CC1.Cl. The van der Waals surface area contributed by atoms with Gasteiger partial charge in [0.2, 0.25) is 0 Å². The van der Waals surface area contributed by atoms with Crippen LogP contribution in [0.25, 0.3) is 0 Å². The molecule has 1 fully saturated rings. The highest BCUT2D eigenvalue weighted by Gasteiger charge is 2.18. The van der Waals surface area contributed by atoms with Crippen molar-refractivity contribution >= 4 is 24.0 Å². The highest BCUT2D eigenvalue weighted by Crippen LogP contribution is 2.23. The largest absolute Gasteiger partial charge is 0.491 e. The Kier molecular flexibility index (Phi) is 8.31. The van der Waals surface area contributed by atoms with Crippen LogP contribution in [0.4, 0.5) is 0 Å². The smallest absolute Gasteiger partial charge is 0.137 e. The Bertz CT molecular complexity index is 382. The van der Waals surface area contributed by atoms with Crippen LogP contribution in [0.2, 0.25) is 5.02 Å². The minimum Gasteiger partial charge on any atom is -0.491 e. The van der Waals surface area contributed by atoms with E-state index in [2.05, 4.69) is 10.2 Å². The number of para-hydroxylation sites is 1. The van der Waals surface area contributed by atoms with Crippen molar-refractivity contribution in [2.24, 2.45) is 5.92 Å². The van der Waals surface area contributed by atoms with Crippen LogP contribution in [0.1, 0.15) is 12.8 Å². The summed E-state index contributed by atoms with van der Waals surface area (Å²) < 4.78 is 5.73. The van der Waals surface area contributed by atoms with Crippen LogP contribution in [0.5, 0.6) is 5.75 Å². The molecule has 1 aliphatic heterocycles. The molecule has 0 atom stereocenters. The lowest BCUT2D eigenvalue weighted by Gasteiger charge is -2.31. The molecule has 0 radical (unpaired) electrons. The van der Waals surface area contributed by atoms with E-state index in [1.54, 1.807) is 0 Å². The molecule has 1 saturated heterocycles. The maximum atomic E-state index is 6.05. The Morgan fingerprint density at radius 3 is 2.65 bits per heavy atom. The van der Waals surface area contributed by atoms with E-state index in [4.69, 9.17) is 16.3 Å². The third kappa shape index (κ3) is 5.49. The summed E-state index contributed by atoms with van der Waals surface area (Å²) in [5.74, 6) is 1.62. The first-order valence-corrected chi connectivity index (χ1v) is 7.41. The van der Waals surface area contributed by atoms with Crippen molar-refractivity contribution in [1.29, 1.82) is 0 Å². The molecular formula is C15H24Cl2N2O. The van der Waals surface area contributed by atoms with Gasteiger partial charge in [-0.2, -0.15) is 0 Å². The zero-order valence-corrected chi connectivity index (χ0v) is 13.6. The van der Waals surface area contributed by atoms with Crippen LogP contribution < -0.4 is 10.1 Å². The predicted molar refractivity (Wildman–Crippen MR) is 87.3 cm³/mol. The predicted octanol–water partition coefficient (Wildman–Crippen LogP) is 3.07. The summed E-state index contributed by atoms with van der Waals surface area (Å²) in [6.07, 6.45) is 2.57. The first kappa shape index (κ1) is 17.6. The molecule has 5 heteroatoms. The molecular weight excluding hydrogens is 295 g/mol. The number of ether oxygens (including phenoxy) is 1. The van der Waals surface area contributed by atoms with E-state index in [0.717, 1.165) is 24.8 Å². The number of nitrogens with zero attached hydrogens (tertiary/aromatic N) is 1. The van der Waals surface area contributed by atoms with Crippen LogP contribution in [0, 0.1) is 5.92 Å². The molecule has 2 rings (SSSR count). The van der Waals surface area contributed by atoms with E-state index in [9.17, 15) is 0 Å². The number of benzene rings is 1. The summed E-state index contributed by atoms with van der Waals surface area (Å²) in [4.78, 5) is 2.48. The van der Waals surface area contributed by atoms with E-state index in [1.807, 2.05) is 31.3 Å². The number of hydrogen-bond donors (Lipinski definition) is 1. The zero-order chi connectivity index (χ0) is 13.5. The molecule has 0 spiro atoms. The number of hydrogen-bond acceptors (Lipinski definition) is 3. The lowest BCUT2D eigenvalue weighted by Crippen LogP contribution is -2.38. The Morgan fingerprint density at radius 1 is 1.30 bits per heavy atom. The van der Waals surface area contributed by atoms with Crippen LogP contribution in [-0.4, -0.2) is 44.7 Å². The maximum Gasteiger partial charge on any atom is 0.137 e. The van der Waals surface area contributed by atoms with Gasteiger partial charge in [0.25, 0.3) is 0 Å². The molecule has 0 saturated carbocycles. The van der Waals surface area contributed by atoms with Gasteiger partial charge in [0.05, 0.1) is 5.02 Å². The highest BCUT2D eigenvalue weighted by molar-refractivity contribution is 6.32. The normalized spacial score (nSPS) is 16.7. The lowest BCUT2D eigenvalue weighted by molar-refractivity contribution is 0.155. The molecule has 114 valence electrons. The second kappa shape index (κ2) is 9.46. The molecule has 1 N–H and O–H groups in total. The number of likely N-dealkylation sites (tertiary alicyclic amines) is 1. The minimum absolute atomic E-state index is 0. The Hall–Kier alpha value is -0.480. The lowest BCUT2D eigenvalue weighted by atomic mass is 9.97. The van der Waals surface area contributed by atoms with E-state index in [-0.39, 0.29) is 12.4 Å². The molecule has 0 unspecified atom stereocenters.